The van der Waals surface area contributed by atoms with E-state index >= 15 is 0 Å². The van der Waals surface area contributed by atoms with Crippen LogP contribution in [0.3, 0.4) is 0 Å². The van der Waals surface area contributed by atoms with E-state index in [1.807, 2.05) is 30.3 Å². The van der Waals surface area contributed by atoms with Crippen molar-refractivity contribution in [3.63, 3.8) is 0 Å². The number of benzene rings is 3. The molecule has 1 aromatic heterocycles. The molecule has 1 N–H and O–H groups in total. The molecule has 0 saturated carbocycles. The van der Waals surface area contributed by atoms with E-state index in [1.54, 1.807) is 13.2 Å². The SMILES string of the molecule is COc1ccccc1N1CCN(Cc2ccc(Nc3ccnc4cc(C(F)(F)F)ccc34)cc2)CC1. The average Bonchev–Trinajstić information content (AvgIpc) is 2.89. The van der Waals surface area contributed by atoms with E-state index in [9.17, 15) is 13.2 Å². The minimum atomic E-state index is -4.39. The highest BCUT2D eigenvalue weighted by molar-refractivity contribution is 5.93. The molecule has 36 heavy (non-hydrogen) atoms. The molecule has 0 spiro atoms. The Balaban J connectivity index is 1.21. The Morgan fingerprint density at radius 1 is 0.917 bits per heavy atom. The number of rotatable bonds is 6. The number of pyridine rings is 1. The third-order valence-corrected chi connectivity index (χ3v) is 6.51. The van der Waals surface area contributed by atoms with Gasteiger partial charge in [0.05, 0.1) is 23.9 Å². The van der Waals surface area contributed by atoms with Crippen LogP contribution in [-0.4, -0.2) is 43.2 Å². The number of methoxy groups -OCH3 is 1. The zero-order valence-electron chi connectivity index (χ0n) is 19.9. The first-order valence-electron chi connectivity index (χ1n) is 11.8. The third kappa shape index (κ3) is 5.23. The van der Waals surface area contributed by atoms with Crippen molar-refractivity contribution in [3.05, 3.63) is 90.1 Å². The molecule has 1 aliphatic rings. The highest BCUT2D eigenvalue weighted by Crippen LogP contribution is 2.33. The predicted octanol–water partition coefficient (Wildman–Crippen LogP) is 6.33. The number of hydrogen-bond acceptors (Lipinski definition) is 5. The smallest absolute Gasteiger partial charge is 0.416 e. The molecule has 2 heterocycles. The van der Waals surface area contributed by atoms with Gasteiger partial charge in [-0.2, -0.15) is 13.2 Å². The van der Waals surface area contributed by atoms with Gasteiger partial charge in [0.2, 0.25) is 0 Å². The fourth-order valence-corrected chi connectivity index (χ4v) is 4.58. The summed E-state index contributed by atoms with van der Waals surface area (Å²) in [6, 6.07) is 21.7. The molecular weight excluding hydrogens is 465 g/mol. The number of hydrogen-bond donors (Lipinski definition) is 1. The molecule has 8 heteroatoms. The number of fused-ring (bicyclic) bond motifs is 1. The standard InChI is InChI=1S/C28H27F3N4O/c1-36-27-5-3-2-4-26(27)35-16-14-34(15-17-35)19-20-6-9-22(10-7-20)33-24-12-13-32-25-18-21(28(29,30)31)8-11-23(24)25/h2-13,18H,14-17,19H2,1H3,(H,32,33). The largest absolute Gasteiger partial charge is 0.495 e. The maximum atomic E-state index is 13.0. The fraction of sp³-hybridized carbons (Fsp3) is 0.250. The van der Waals surface area contributed by atoms with Gasteiger partial charge in [0.15, 0.2) is 0 Å². The van der Waals surface area contributed by atoms with Crippen LogP contribution in [0, 0.1) is 0 Å². The number of nitrogens with zero attached hydrogens (tertiary/aromatic N) is 3. The van der Waals surface area contributed by atoms with Crippen LogP contribution in [0.15, 0.2) is 79.0 Å². The number of ether oxygens (including phenoxy) is 1. The Hall–Kier alpha value is -3.78. The Morgan fingerprint density at radius 3 is 2.39 bits per heavy atom. The number of alkyl halides is 3. The van der Waals surface area contributed by atoms with Gasteiger partial charge in [-0.3, -0.25) is 9.88 Å². The highest BCUT2D eigenvalue weighted by atomic mass is 19.4. The maximum Gasteiger partial charge on any atom is 0.416 e. The monoisotopic (exact) mass is 492 g/mol. The number of piperazine rings is 1. The minimum absolute atomic E-state index is 0.304. The van der Waals surface area contributed by atoms with Crippen molar-refractivity contribution in [2.45, 2.75) is 12.7 Å². The van der Waals surface area contributed by atoms with E-state index in [4.69, 9.17) is 4.74 Å². The van der Waals surface area contributed by atoms with Gasteiger partial charge in [-0.05, 0) is 48.0 Å². The molecule has 3 aromatic carbocycles. The van der Waals surface area contributed by atoms with Crippen LogP contribution in [0.25, 0.3) is 10.9 Å². The predicted molar refractivity (Wildman–Crippen MR) is 137 cm³/mol. The first kappa shape index (κ1) is 23.9. The summed E-state index contributed by atoms with van der Waals surface area (Å²) in [6.07, 6.45) is -2.87. The van der Waals surface area contributed by atoms with E-state index in [1.165, 1.54) is 17.8 Å². The van der Waals surface area contributed by atoms with Crippen molar-refractivity contribution in [2.75, 3.05) is 43.5 Å². The summed E-state index contributed by atoms with van der Waals surface area (Å²) in [4.78, 5) is 8.91. The second-order valence-corrected chi connectivity index (χ2v) is 8.85. The molecule has 5 rings (SSSR count). The second-order valence-electron chi connectivity index (χ2n) is 8.85. The van der Waals surface area contributed by atoms with E-state index in [2.05, 4.69) is 38.3 Å². The van der Waals surface area contributed by atoms with Crippen molar-refractivity contribution in [1.29, 1.82) is 0 Å². The second kappa shape index (κ2) is 10.1. The van der Waals surface area contributed by atoms with Crippen molar-refractivity contribution in [1.82, 2.24) is 9.88 Å². The zero-order chi connectivity index (χ0) is 25.1. The summed E-state index contributed by atoms with van der Waals surface area (Å²) >= 11 is 0. The number of halogens is 3. The van der Waals surface area contributed by atoms with Crippen molar-refractivity contribution in [2.24, 2.45) is 0 Å². The fourth-order valence-electron chi connectivity index (χ4n) is 4.58. The highest BCUT2D eigenvalue weighted by Gasteiger charge is 2.30. The van der Waals surface area contributed by atoms with Gasteiger partial charge in [0, 0.05) is 55.7 Å². The van der Waals surface area contributed by atoms with E-state index < -0.39 is 11.7 Å². The van der Waals surface area contributed by atoms with Crippen LogP contribution in [0.2, 0.25) is 0 Å². The lowest BCUT2D eigenvalue weighted by molar-refractivity contribution is -0.137. The van der Waals surface area contributed by atoms with Gasteiger partial charge in [-0.25, -0.2) is 0 Å². The lowest BCUT2D eigenvalue weighted by Crippen LogP contribution is -2.46. The number of para-hydroxylation sites is 2. The molecule has 0 aliphatic carbocycles. The molecular formula is C28H27F3N4O. The number of anilines is 3. The Labute approximate surface area is 208 Å². The van der Waals surface area contributed by atoms with Crippen molar-refractivity contribution >= 4 is 28.0 Å². The summed E-state index contributed by atoms with van der Waals surface area (Å²) in [7, 11) is 1.70. The van der Waals surface area contributed by atoms with Gasteiger partial charge < -0.3 is 15.0 Å². The van der Waals surface area contributed by atoms with Crippen LogP contribution in [0.5, 0.6) is 5.75 Å². The topological polar surface area (TPSA) is 40.6 Å². The van der Waals surface area contributed by atoms with Crippen LogP contribution in [0.1, 0.15) is 11.1 Å². The lowest BCUT2D eigenvalue weighted by Gasteiger charge is -2.36. The Morgan fingerprint density at radius 2 is 1.67 bits per heavy atom. The molecule has 4 aromatic rings. The van der Waals surface area contributed by atoms with E-state index in [0.29, 0.717) is 16.6 Å². The average molecular weight is 493 g/mol. The summed E-state index contributed by atoms with van der Waals surface area (Å²) in [5.41, 5.74) is 3.53. The van der Waals surface area contributed by atoms with E-state index in [0.717, 1.165) is 62.0 Å². The molecule has 5 nitrogen and oxygen atoms in total. The number of aromatic nitrogens is 1. The summed E-state index contributed by atoms with van der Waals surface area (Å²) in [5, 5.41) is 3.96. The molecule has 0 unspecified atom stereocenters. The van der Waals surface area contributed by atoms with Crippen LogP contribution in [0.4, 0.5) is 30.2 Å². The normalized spacial score (nSPS) is 14.7. The molecule has 0 amide bonds. The molecule has 0 atom stereocenters. The Bertz CT molecular complexity index is 1330. The van der Waals surface area contributed by atoms with E-state index in [-0.39, 0.29) is 0 Å². The maximum absolute atomic E-state index is 13.0. The van der Waals surface area contributed by atoms with Gasteiger partial charge in [0.1, 0.15) is 5.75 Å². The summed E-state index contributed by atoms with van der Waals surface area (Å²) in [5.74, 6) is 0.900. The summed E-state index contributed by atoms with van der Waals surface area (Å²) in [6.45, 7) is 4.65. The van der Waals surface area contributed by atoms with Crippen molar-refractivity contribution < 1.29 is 17.9 Å². The quantitative estimate of drug-likeness (QED) is 0.341. The van der Waals surface area contributed by atoms with Crippen LogP contribution >= 0.6 is 0 Å². The minimum Gasteiger partial charge on any atom is -0.495 e. The first-order valence-corrected chi connectivity index (χ1v) is 11.8. The van der Waals surface area contributed by atoms with Crippen LogP contribution < -0.4 is 15.0 Å². The van der Waals surface area contributed by atoms with Gasteiger partial charge in [-0.15, -0.1) is 0 Å². The molecule has 1 fully saturated rings. The van der Waals surface area contributed by atoms with Gasteiger partial charge in [-0.1, -0.05) is 30.3 Å². The van der Waals surface area contributed by atoms with Crippen molar-refractivity contribution in [3.8, 4) is 5.75 Å². The first-order chi connectivity index (χ1) is 17.4. The summed E-state index contributed by atoms with van der Waals surface area (Å²) < 4.78 is 44.6. The molecule has 0 bridgehead atoms. The third-order valence-electron chi connectivity index (χ3n) is 6.51. The van der Waals surface area contributed by atoms with Gasteiger partial charge >= 0.3 is 6.18 Å². The number of nitrogens with one attached hydrogen (secondary N) is 1. The molecule has 1 aliphatic heterocycles. The Kier molecular flexibility index (Phi) is 6.69. The molecule has 1 saturated heterocycles. The van der Waals surface area contributed by atoms with Crippen LogP contribution in [-0.2, 0) is 12.7 Å². The lowest BCUT2D eigenvalue weighted by atomic mass is 10.1. The zero-order valence-corrected chi connectivity index (χ0v) is 19.9. The van der Waals surface area contributed by atoms with Gasteiger partial charge in [0.25, 0.3) is 0 Å². The molecule has 0 radical (unpaired) electrons. The molecule has 186 valence electrons.